The summed E-state index contributed by atoms with van der Waals surface area (Å²) in [5.41, 5.74) is 4.97. The zero-order valence-corrected chi connectivity index (χ0v) is 16.4. The maximum atomic E-state index is 4.76. The molecule has 0 aliphatic heterocycles. The van der Waals surface area contributed by atoms with E-state index in [9.17, 15) is 0 Å². The maximum absolute atomic E-state index is 4.76. The summed E-state index contributed by atoms with van der Waals surface area (Å²) in [5.74, 6) is 0.751. The number of hydrogen-bond acceptors (Lipinski definition) is 6. The molecule has 5 aromatic rings. The van der Waals surface area contributed by atoms with E-state index >= 15 is 0 Å². The van der Waals surface area contributed by atoms with Crippen molar-refractivity contribution in [2.24, 2.45) is 0 Å². The SMILES string of the molecule is Cc1cccc(-c2cc(Nc3nccc4cnccc34)c3ncccc3n2)n1.Cl. The van der Waals surface area contributed by atoms with Crippen LogP contribution in [-0.4, -0.2) is 24.9 Å². The van der Waals surface area contributed by atoms with Crippen LogP contribution in [0, 0.1) is 6.92 Å². The molecule has 5 aromatic heterocycles. The van der Waals surface area contributed by atoms with Crippen molar-refractivity contribution in [1.29, 1.82) is 0 Å². The topological polar surface area (TPSA) is 76.5 Å². The molecule has 0 saturated carbocycles. The van der Waals surface area contributed by atoms with Gasteiger partial charge in [-0.1, -0.05) is 6.07 Å². The Labute approximate surface area is 173 Å². The monoisotopic (exact) mass is 400 g/mol. The number of hydrogen-bond donors (Lipinski definition) is 1. The van der Waals surface area contributed by atoms with Crippen LogP contribution in [0.2, 0.25) is 0 Å². The van der Waals surface area contributed by atoms with Gasteiger partial charge in [0.15, 0.2) is 0 Å². The summed E-state index contributed by atoms with van der Waals surface area (Å²) in [6, 6.07) is 15.6. The molecule has 0 atom stereocenters. The third-order valence-corrected chi connectivity index (χ3v) is 4.53. The van der Waals surface area contributed by atoms with Crippen LogP contribution in [0.15, 0.2) is 73.3 Å². The van der Waals surface area contributed by atoms with E-state index in [0.717, 1.165) is 50.4 Å². The number of halogens is 1. The van der Waals surface area contributed by atoms with E-state index in [1.54, 1.807) is 18.6 Å². The highest BCUT2D eigenvalue weighted by molar-refractivity contribution is 5.97. The van der Waals surface area contributed by atoms with E-state index in [0.29, 0.717) is 0 Å². The maximum Gasteiger partial charge on any atom is 0.138 e. The van der Waals surface area contributed by atoms with Gasteiger partial charge in [0.25, 0.3) is 0 Å². The average molecular weight is 401 g/mol. The molecule has 6 nitrogen and oxygen atoms in total. The summed E-state index contributed by atoms with van der Waals surface area (Å²) in [4.78, 5) is 22.6. The van der Waals surface area contributed by atoms with Gasteiger partial charge in [-0.25, -0.2) is 9.97 Å². The molecule has 29 heavy (non-hydrogen) atoms. The second-order valence-electron chi connectivity index (χ2n) is 6.47. The Balaban J connectivity index is 0.00000205. The lowest BCUT2D eigenvalue weighted by molar-refractivity contribution is 1.18. The zero-order chi connectivity index (χ0) is 18.9. The van der Waals surface area contributed by atoms with Crippen molar-refractivity contribution in [1.82, 2.24) is 24.9 Å². The van der Waals surface area contributed by atoms with Crippen molar-refractivity contribution in [2.75, 3.05) is 5.32 Å². The van der Waals surface area contributed by atoms with E-state index in [2.05, 4.69) is 25.3 Å². The number of rotatable bonds is 3. The smallest absolute Gasteiger partial charge is 0.138 e. The molecule has 0 aromatic carbocycles. The minimum atomic E-state index is 0. The first-order valence-electron chi connectivity index (χ1n) is 8.93. The summed E-state index contributed by atoms with van der Waals surface area (Å²) in [6.45, 7) is 1.97. The first kappa shape index (κ1) is 18.7. The second-order valence-corrected chi connectivity index (χ2v) is 6.47. The third-order valence-electron chi connectivity index (χ3n) is 4.53. The predicted molar refractivity (Wildman–Crippen MR) is 118 cm³/mol. The van der Waals surface area contributed by atoms with Crippen LogP contribution in [0.1, 0.15) is 5.69 Å². The number of nitrogens with zero attached hydrogens (tertiary/aromatic N) is 5. The van der Waals surface area contributed by atoms with Crippen molar-refractivity contribution in [3.05, 3.63) is 79.0 Å². The number of aromatic nitrogens is 5. The molecule has 5 heterocycles. The number of fused-ring (bicyclic) bond motifs is 2. The Morgan fingerprint density at radius 3 is 2.66 bits per heavy atom. The van der Waals surface area contributed by atoms with Gasteiger partial charge in [-0.2, -0.15) is 0 Å². The van der Waals surface area contributed by atoms with Gasteiger partial charge in [-0.05, 0) is 49.4 Å². The highest BCUT2D eigenvalue weighted by Crippen LogP contribution is 2.30. The van der Waals surface area contributed by atoms with Gasteiger partial charge in [0.05, 0.1) is 22.6 Å². The standard InChI is InChI=1S/C22H16N6.ClH/c1-14-4-2-5-17(26-14)19-12-20(21-18(27-19)6-3-9-24-21)28-22-16-8-10-23-13-15(16)7-11-25-22;/h2-13H,1H3,(H,25,27,28);1H. The van der Waals surface area contributed by atoms with Crippen LogP contribution < -0.4 is 5.32 Å². The molecule has 0 spiro atoms. The fourth-order valence-electron chi connectivity index (χ4n) is 3.22. The summed E-state index contributed by atoms with van der Waals surface area (Å²) < 4.78 is 0. The fourth-order valence-corrected chi connectivity index (χ4v) is 3.22. The highest BCUT2D eigenvalue weighted by Gasteiger charge is 2.12. The summed E-state index contributed by atoms with van der Waals surface area (Å²) in [7, 11) is 0. The van der Waals surface area contributed by atoms with Crippen LogP contribution in [0.5, 0.6) is 0 Å². The van der Waals surface area contributed by atoms with Gasteiger partial charge in [0, 0.05) is 41.3 Å². The quantitative estimate of drug-likeness (QED) is 0.453. The van der Waals surface area contributed by atoms with Crippen LogP contribution in [0.3, 0.4) is 0 Å². The molecule has 0 aliphatic rings. The van der Waals surface area contributed by atoms with Crippen molar-refractivity contribution in [3.63, 3.8) is 0 Å². The molecule has 7 heteroatoms. The molecular formula is C22H17ClN6. The van der Waals surface area contributed by atoms with Crippen molar-refractivity contribution in [2.45, 2.75) is 6.92 Å². The predicted octanol–water partition coefficient (Wildman–Crippen LogP) is 5.11. The van der Waals surface area contributed by atoms with Crippen LogP contribution in [0.25, 0.3) is 33.2 Å². The molecule has 0 radical (unpaired) electrons. The van der Waals surface area contributed by atoms with Gasteiger partial charge >= 0.3 is 0 Å². The Morgan fingerprint density at radius 2 is 1.76 bits per heavy atom. The summed E-state index contributed by atoms with van der Waals surface area (Å²) in [5, 5.41) is 5.46. The largest absolute Gasteiger partial charge is 0.338 e. The second kappa shape index (κ2) is 7.77. The molecule has 0 amide bonds. The number of nitrogens with one attached hydrogen (secondary N) is 1. The van der Waals surface area contributed by atoms with Gasteiger partial charge in [-0.15, -0.1) is 12.4 Å². The molecule has 0 fully saturated rings. The number of pyridine rings is 5. The van der Waals surface area contributed by atoms with Crippen molar-refractivity contribution in [3.8, 4) is 11.4 Å². The molecule has 0 unspecified atom stereocenters. The van der Waals surface area contributed by atoms with E-state index in [-0.39, 0.29) is 12.4 Å². The van der Waals surface area contributed by atoms with Crippen molar-refractivity contribution >= 4 is 45.7 Å². The Morgan fingerprint density at radius 1 is 0.828 bits per heavy atom. The molecule has 1 N–H and O–H groups in total. The molecule has 0 saturated heterocycles. The first-order valence-corrected chi connectivity index (χ1v) is 8.93. The normalized spacial score (nSPS) is 10.7. The van der Waals surface area contributed by atoms with Crippen LogP contribution >= 0.6 is 12.4 Å². The molecule has 5 rings (SSSR count). The average Bonchev–Trinajstić information content (AvgIpc) is 2.74. The Kier molecular flexibility index (Phi) is 5.01. The Hall–Kier alpha value is -3.64. The minimum Gasteiger partial charge on any atom is -0.338 e. The van der Waals surface area contributed by atoms with Gasteiger partial charge in [0.2, 0.25) is 0 Å². The lowest BCUT2D eigenvalue weighted by Crippen LogP contribution is -1.99. The highest BCUT2D eigenvalue weighted by atomic mass is 35.5. The van der Waals surface area contributed by atoms with Gasteiger partial charge in [0.1, 0.15) is 11.3 Å². The van der Waals surface area contributed by atoms with Crippen LogP contribution in [0.4, 0.5) is 11.5 Å². The van der Waals surface area contributed by atoms with Crippen LogP contribution in [-0.2, 0) is 0 Å². The lowest BCUT2D eigenvalue weighted by Gasteiger charge is -2.12. The summed E-state index contributed by atoms with van der Waals surface area (Å²) >= 11 is 0. The number of anilines is 2. The van der Waals surface area contributed by atoms with E-state index < -0.39 is 0 Å². The van der Waals surface area contributed by atoms with Gasteiger partial charge in [-0.3, -0.25) is 15.0 Å². The van der Waals surface area contributed by atoms with E-state index in [1.807, 2.05) is 61.7 Å². The first-order chi connectivity index (χ1) is 13.8. The van der Waals surface area contributed by atoms with E-state index in [4.69, 9.17) is 4.98 Å². The number of aryl methyl sites for hydroxylation is 1. The van der Waals surface area contributed by atoms with Crippen molar-refractivity contribution < 1.29 is 0 Å². The van der Waals surface area contributed by atoms with Gasteiger partial charge < -0.3 is 5.32 Å². The fraction of sp³-hybridized carbons (Fsp3) is 0.0455. The third kappa shape index (κ3) is 3.58. The molecule has 0 bridgehead atoms. The summed E-state index contributed by atoms with van der Waals surface area (Å²) in [6.07, 6.45) is 7.12. The lowest BCUT2D eigenvalue weighted by atomic mass is 10.1. The molecular weight excluding hydrogens is 384 g/mol. The minimum absolute atomic E-state index is 0. The Bertz CT molecular complexity index is 1320. The molecule has 0 aliphatic carbocycles. The molecule has 142 valence electrons. The zero-order valence-electron chi connectivity index (χ0n) is 15.6. The van der Waals surface area contributed by atoms with E-state index in [1.165, 1.54) is 0 Å².